The van der Waals surface area contributed by atoms with E-state index in [1.807, 2.05) is 0 Å². The van der Waals surface area contributed by atoms with Crippen molar-refractivity contribution in [2.45, 2.75) is 6.92 Å². The van der Waals surface area contributed by atoms with Crippen molar-refractivity contribution >= 4 is 28.4 Å². The van der Waals surface area contributed by atoms with E-state index in [1.54, 1.807) is 24.4 Å². The lowest BCUT2D eigenvalue weighted by atomic mass is 10.1. The number of imide groups is 1. The maximum Gasteiger partial charge on any atom is 0.266 e. The summed E-state index contributed by atoms with van der Waals surface area (Å²) in [4.78, 5) is 29.2. The number of methoxy groups -OCH3 is 1. The third-order valence-corrected chi connectivity index (χ3v) is 3.03. The van der Waals surface area contributed by atoms with Gasteiger partial charge in [0.1, 0.15) is 11.4 Å². The number of carbonyl (C=O) groups is 2. The zero-order valence-corrected chi connectivity index (χ0v) is 9.93. The molecule has 3 rings (SSSR count). The van der Waals surface area contributed by atoms with Gasteiger partial charge < -0.3 is 4.74 Å². The van der Waals surface area contributed by atoms with E-state index in [2.05, 4.69) is 4.98 Å². The monoisotopic (exact) mass is 242 g/mol. The van der Waals surface area contributed by atoms with Crippen LogP contribution in [0.15, 0.2) is 24.4 Å². The second kappa shape index (κ2) is 3.53. The molecule has 0 N–H and O–H groups in total. The van der Waals surface area contributed by atoms with Gasteiger partial charge in [-0.3, -0.25) is 14.6 Å². The van der Waals surface area contributed by atoms with Gasteiger partial charge in [0.15, 0.2) is 0 Å². The molecular formula is C13H10N2O3. The molecular weight excluding hydrogens is 232 g/mol. The number of hydrogen-bond acceptors (Lipinski definition) is 4. The SMILES string of the molecule is COc1ccc2nccc3c2c1N(C(C)=O)C3=O. The molecule has 0 radical (unpaired) electrons. The third kappa shape index (κ3) is 1.18. The van der Waals surface area contributed by atoms with Crippen LogP contribution in [0.5, 0.6) is 5.75 Å². The van der Waals surface area contributed by atoms with Gasteiger partial charge in [0.05, 0.1) is 18.2 Å². The molecule has 1 aromatic heterocycles. The van der Waals surface area contributed by atoms with Crippen LogP contribution >= 0.6 is 0 Å². The second-order valence-electron chi connectivity index (χ2n) is 4.03. The minimum Gasteiger partial charge on any atom is -0.495 e. The fourth-order valence-electron chi connectivity index (χ4n) is 2.30. The van der Waals surface area contributed by atoms with Crippen molar-refractivity contribution in [2.24, 2.45) is 0 Å². The highest BCUT2D eigenvalue weighted by Gasteiger charge is 2.35. The topological polar surface area (TPSA) is 59.5 Å². The summed E-state index contributed by atoms with van der Waals surface area (Å²) in [6, 6.07) is 5.11. The maximum absolute atomic E-state index is 12.2. The lowest BCUT2D eigenvalue weighted by Crippen LogP contribution is -2.31. The number of ether oxygens (including phenoxy) is 1. The quantitative estimate of drug-likeness (QED) is 0.764. The number of carbonyl (C=O) groups excluding carboxylic acids is 2. The minimum atomic E-state index is -0.331. The Bertz CT molecular complexity index is 694. The Hall–Kier alpha value is -2.43. The molecule has 0 unspecified atom stereocenters. The summed E-state index contributed by atoms with van der Waals surface area (Å²) in [6.07, 6.45) is 1.56. The van der Waals surface area contributed by atoms with E-state index in [9.17, 15) is 9.59 Å². The van der Waals surface area contributed by atoms with Crippen molar-refractivity contribution in [3.8, 4) is 5.75 Å². The average molecular weight is 242 g/mol. The van der Waals surface area contributed by atoms with E-state index >= 15 is 0 Å². The van der Waals surface area contributed by atoms with Gasteiger partial charge in [-0.1, -0.05) is 0 Å². The standard InChI is InChI=1S/C13H10N2O3/c1-7(16)15-12-10(18-2)4-3-9-11(12)8(13(15)17)5-6-14-9/h3-6H,1-2H3. The summed E-state index contributed by atoms with van der Waals surface area (Å²) in [7, 11) is 1.51. The molecule has 2 aromatic rings. The normalized spacial score (nSPS) is 13.2. The average Bonchev–Trinajstić information content (AvgIpc) is 2.66. The molecule has 90 valence electrons. The Kier molecular flexibility index (Phi) is 2.10. The molecule has 18 heavy (non-hydrogen) atoms. The Morgan fingerprint density at radius 1 is 1.33 bits per heavy atom. The van der Waals surface area contributed by atoms with E-state index in [4.69, 9.17) is 4.74 Å². The highest BCUT2D eigenvalue weighted by molar-refractivity contribution is 6.33. The zero-order chi connectivity index (χ0) is 12.9. The largest absolute Gasteiger partial charge is 0.495 e. The number of anilines is 1. The van der Waals surface area contributed by atoms with Crippen molar-refractivity contribution in [1.82, 2.24) is 4.98 Å². The fourth-order valence-corrected chi connectivity index (χ4v) is 2.30. The minimum absolute atomic E-state index is 0.325. The summed E-state index contributed by atoms with van der Waals surface area (Å²) in [5, 5.41) is 0.678. The van der Waals surface area contributed by atoms with Crippen LogP contribution < -0.4 is 9.64 Å². The second-order valence-corrected chi connectivity index (χ2v) is 4.03. The van der Waals surface area contributed by atoms with Crippen LogP contribution in [-0.2, 0) is 4.79 Å². The van der Waals surface area contributed by atoms with Gasteiger partial charge in [0.25, 0.3) is 5.91 Å². The Balaban J connectivity index is 2.46. The number of nitrogens with zero attached hydrogens (tertiary/aromatic N) is 2. The number of rotatable bonds is 1. The lowest BCUT2D eigenvalue weighted by Gasteiger charge is -2.15. The molecule has 5 nitrogen and oxygen atoms in total. The van der Waals surface area contributed by atoms with Crippen LogP contribution in [0.2, 0.25) is 0 Å². The summed E-state index contributed by atoms with van der Waals surface area (Å²) < 4.78 is 5.23. The Morgan fingerprint density at radius 3 is 2.78 bits per heavy atom. The predicted octanol–water partition coefficient (Wildman–Crippen LogP) is 1.75. The van der Waals surface area contributed by atoms with Crippen molar-refractivity contribution in [3.63, 3.8) is 0 Å². The highest BCUT2D eigenvalue weighted by atomic mass is 16.5. The summed E-state index contributed by atoms with van der Waals surface area (Å²) in [5.41, 5.74) is 1.67. The molecule has 0 atom stereocenters. The zero-order valence-electron chi connectivity index (χ0n) is 9.93. The molecule has 0 fully saturated rings. The maximum atomic E-state index is 12.2. The van der Waals surface area contributed by atoms with Crippen molar-refractivity contribution in [3.05, 3.63) is 30.0 Å². The van der Waals surface area contributed by atoms with E-state index in [0.717, 1.165) is 4.90 Å². The smallest absolute Gasteiger partial charge is 0.266 e. The molecule has 2 amide bonds. The number of aromatic nitrogens is 1. The van der Waals surface area contributed by atoms with Crippen LogP contribution in [0.3, 0.4) is 0 Å². The van der Waals surface area contributed by atoms with E-state index in [1.165, 1.54) is 14.0 Å². The first-order valence-electron chi connectivity index (χ1n) is 5.46. The first-order valence-corrected chi connectivity index (χ1v) is 5.46. The molecule has 2 heterocycles. The van der Waals surface area contributed by atoms with Gasteiger partial charge in [-0.2, -0.15) is 0 Å². The van der Waals surface area contributed by atoms with Crippen LogP contribution in [0, 0.1) is 0 Å². The van der Waals surface area contributed by atoms with Gasteiger partial charge in [-0.05, 0) is 18.2 Å². The third-order valence-electron chi connectivity index (χ3n) is 3.03. The van der Waals surface area contributed by atoms with Gasteiger partial charge in [0.2, 0.25) is 5.91 Å². The highest BCUT2D eigenvalue weighted by Crippen LogP contribution is 2.43. The number of hydrogen-bond donors (Lipinski definition) is 0. The molecule has 0 aliphatic carbocycles. The summed E-state index contributed by atoms with van der Waals surface area (Å²) in [5.74, 6) is -0.158. The van der Waals surface area contributed by atoms with Crippen LogP contribution in [0.4, 0.5) is 5.69 Å². The number of pyridine rings is 1. The lowest BCUT2D eigenvalue weighted by molar-refractivity contribution is -0.115. The number of benzene rings is 1. The van der Waals surface area contributed by atoms with Gasteiger partial charge >= 0.3 is 0 Å². The van der Waals surface area contributed by atoms with E-state index in [-0.39, 0.29) is 11.8 Å². The molecule has 1 aromatic carbocycles. The molecule has 1 aliphatic heterocycles. The number of amides is 2. The molecule has 0 saturated heterocycles. The summed E-state index contributed by atoms with van der Waals surface area (Å²) in [6.45, 7) is 1.36. The molecule has 0 saturated carbocycles. The van der Waals surface area contributed by atoms with E-state index in [0.29, 0.717) is 27.9 Å². The van der Waals surface area contributed by atoms with Gasteiger partial charge in [-0.15, -0.1) is 0 Å². The predicted molar refractivity (Wildman–Crippen MR) is 65.8 cm³/mol. The first kappa shape index (κ1) is 10.7. The molecule has 1 aliphatic rings. The molecule has 0 bridgehead atoms. The summed E-state index contributed by atoms with van der Waals surface area (Å²) >= 11 is 0. The van der Waals surface area contributed by atoms with Crippen molar-refractivity contribution in [1.29, 1.82) is 0 Å². The first-order chi connectivity index (χ1) is 8.65. The molecule has 0 spiro atoms. The molecule has 5 heteroatoms. The Morgan fingerprint density at radius 2 is 2.11 bits per heavy atom. The fraction of sp³-hybridized carbons (Fsp3) is 0.154. The Labute approximate surface area is 103 Å². The van der Waals surface area contributed by atoms with Crippen molar-refractivity contribution in [2.75, 3.05) is 12.0 Å². The van der Waals surface area contributed by atoms with Crippen molar-refractivity contribution < 1.29 is 14.3 Å². The van der Waals surface area contributed by atoms with Crippen LogP contribution in [-0.4, -0.2) is 23.9 Å². The van der Waals surface area contributed by atoms with Gasteiger partial charge in [0, 0.05) is 18.5 Å². The van der Waals surface area contributed by atoms with Gasteiger partial charge in [-0.25, -0.2) is 4.90 Å². The van der Waals surface area contributed by atoms with Crippen LogP contribution in [0.1, 0.15) is 17.3 Å². The van der Waals surface area contributed by atoms with Crippen LogP contribution in [0.25, 0.3) is 10.9 Å². The van der Waals surface area contributed by atoms with E-state index < -0.39 is 0 Å².